The molecular formula is C14H21N3. The molecule has 0 fully saturated rings. The van der Waals surface area contributed by atoms with Crippen LogP contribution >= 0.6 is 0 Å². The monoisotopic (exact) mass is 231 g/mol. The molecule has 1 aromatic rings. The lowest BCUT2D eigenvalue weighted by Gasteiger charge is -2.13. The van der Waals surface area contributed by atoms with Crippen LogP contribution in [0.4, 0.5) is 5.69 Å². The van der Waals surface area contributed by atoms with E-state index in [9.17, 15) is 0 Å². The van der Waals surface area contributed by atoms with Crippen molar-refractivity contribution >= 4 is 11.5 Å². The Labute approximate surface area is 103 Å². The third kappa shape index (κ3) is 3.48. The first-order valence-corrected chi connectivity index (χ1v) is 6.37. The van der Waals surface area contributed by atoms with E-state index < -0.39 is 0 Å². The highest BCUT2D eigenvalue weighted by Gasteiger charge is 2.23. The van der Waals surface area contributed by atoms with E-state index >= 15 is 0 Å². The molecule has 1 aromatic carbocycles. The number of nitrogens with one attached hydrogen (secondary N) is 1. The van der Waals surface area contributed by atoms with Gasteiger partial charge in [0, 0.05) is 18.7 Å². The van der Waals surface area contributed by atoms with Crippen molar-refractivity contribution in [3.63, 3.8) is 0 Å². The average Bonchev–Trinajstić information content (AvgIpc) is 2.65. The zero-order valence-electron chi connectivity index (χ0n) is 10.4. The molecule has 0 bridgehead atoms. The number of aliphatic imine (C=N–C) groups is 1. The van der Waals surface area contributed by atoms with Gasteiger partial charge in [0.25, 0.3) is 0 Å². The molecule has 3 heteroatoms. The predicted molar refractivity (Wildman–Crippen MR) is 73.4 cm³/mol. The van der Waals surface area contributed by atoms with Crippen LogP contribution in [-0.2, 0) is 0 Å². The topological polar surface area (TPSA) is 50.4 Å². The van der Waals surface area contributed by atoms with Crippen LogP contribution in [0, 0.1) is 5.92 Å². The van der Waals surface area contributed by atoms with Crippen molar-refractivity contribution in [3.05, 3.63) is 30.3 Å². The zero-order valence-corrected chi connectivity index (χ0v) is 10.4. The van der Waals surface area contributed by atoms with Crippen LogP contribution in [0.5, 0.6) is 0 Å². The lowest BCUT2D eigenvalue weighted by atomic mass is 9.98. The summed E-state index contributed by atoms with van der Waals surface area (Å²) in [6.07, 6.45) is 3.24. The highest BCUT2D eigenvalue weighted by atomic mass is 14.9. The maximum atomic E-state index is 5.75. The third-order valence-electron chi connectivity index (χ3n) is 3.30. The summed E-state index contributed by atoms with van der Waals surface area (Å²) in [5.41, 5.74) is 6.94. The van der Waals surface area contributed by atoms with Gasteiger partial charge in [0.2, 0.25) is 0 Å². The minimum atomic E-state index is 0.438. The molecule has 0 unspecified atom stereocenters. The third-order valence-corrected chi connectivity index (χ3v) is 3.30. The summed E-state index contributed by atoms with van der Waals surface area (Å²) in [5, 5.41) is 3.41. The summed E-state index contributed by atoms with van der Waals surface area (Å²) in [7, 11) is 0. The van der Waals surface area contributed by atoms with Crippen molar-refractivity contribution in [2.75, 3.05) is 11.9 Å². The molecule has 0 spiro atoms. The van der Waals surface area contributed by atoms with E-state index in [1.165, 1.54) is 5.69 Å². The molecule has 1 heterocycles. The van der Waals surface area contributed by atoms with Crippen LogP contribution in [-0.4, -0.2) is 18.4 Å². The van der Waals surface area contributed by atoms with Crippen molar-refractivity contribution < 1.29 is 0 Å². The maximum absolute atomic E-state index is 5.75. The van der Waals surface area contributed by atoms with E-state index in [4.69, 9.17) is 5.73 Å². The van der Waals surface area contributed by atoms with Gasteiger partial charge >= 0.3 is 0 Å². The second-order valence-electron chi connectivity index (χ2n) is 4.80. The Morgan fingerprint density at radius 3 is 2.76 bits per heavy atom. The second-order valence-corrected chi connectivity index (χ2v) is 4.80. The lowest BCUT2D eigenvalue weighted by Crippen LogP contribution is -2.13. The van der Waals surface area contributed by atoms with Crippen molar-refractivity contribution in [2.45, 2.75) is 32.2 Å². The van der Waals surface area contributed by atoms with Gasteiger partial charge < -0.3 is 11.1 Å². The Morgan fingerprint density at radius 1 is 1.35 bits per heavy atom. The molecule has 1 aliphatic heterocycles. The van der Waals surface area contributed by atoms with Gasteiger partial charge in [0.1, 0.15) is 0 Å². The molecule has 0 aliphatic carbocycles. The van der Waals surface area contributed by atoms with Crippen LogP contribution in [0.25, 0.3) is 0 Å². The van der Waals surface area contributed by atoms with Crippen LogP contribution in [0.2, 0.25) is 0 Å². The largest absolute Gasteiger partial charge is 0.387 e. The normalized spacial score (nSPS) is 23.5. The van der Waals surface area contributed by atoms with Gasteiger partial charge in [-0.2, -0.15) is 0 Å². The molecule has 1 aliphatic rings. The van der Waals surface area contributed by atoms with Gasteiger partial charge in [-0.1, -0.05) is 25.1 Å². The molecule has 3 nitrogen and oxygen atoms in total. The van der Waals surface area contributed by atoms with Crippen molar-refractivity contribution in [1.82, 2.24) is 0 Å². The van der Waals surface area contributed by atoms with Gasteiger partial charge in [-0.15, -0.1) is 0 Å². The fourth-order valence-corrected chi connectivity index (χ4v) is 2.31. The number of nitrogens with zero attached hydrogens (tertiary/aromatic N) is 1. The summed E-state index contributed by atoms with van der Waals surface area (Å²) < 4.78 is 0. The van der Waals surface area contributed by atoms with Crippen LogP contribution in [0.15, 0.2) is 35.3 Å². The number of amidine groups is 1. The van der Waals surface area contributed by atoms with Gasteiger partial charge in [0.05, 0.1) is 11.9 Å². The molecule has 0 aromatic heterocycles. The Bertz CT molecular complexity index is 372. The summed E-state index contributed by atoms with van der Waals surface area (Å²) in [6, 6.07) is 10.7. The van der Waals surface area contributed by atoms with Gasteiger partial charge in [-0.05, 0) is 30.9 Å². The molecule has 3 N–H and O–H groups in total. The smallest absolute Gasteiger partial charge is 0.0944 e. The number of anilines is 1. The number of para-hydroxylation sites is 1. The first-order chi connectivity index (χ1) is 8.25. The SMILES string of the molecule is C[C@@H]1CC(N)=N[C@H]1CCCNc1ccccc1. The molecule has 2 atom stereocenters. The summed E-state index contributed by atoms with van der Waals surface area (Å²) in [4.78, 5) is 4.48. The molecule has 0 radical (unpaired) electrons. The molecule has 17 heavy (non-hydrogen) atoms. The Balaban J connectivity index is 1.67. The van der Waals surface area contributed by atoms with E-state index in [1.807, 2.05) is 18.2 Å². The summed E-state index contributed by atoms with van der Waals surface area (Å²) in [5.74, 6) is 1.45. The van der Waals surface area contributed by atoms with Gasteiger partial charge in [0.15, 0.2) is 0 Å². The minimum absolute atomic E-state index is 0.438. The van der Waals surface area contributed by atoms with Crippen molar-refractivity contribution in [1.29, 1.82) is 0 Å². The molecule has 2 rings (SSSR count). The molecular weight excluding hydrogens is 210 g/mol. The maximum Gasteiger partial charge on any atom is 0.0944 e. The standard InChI is InChI=1S/C14H21N3/c1-11-10-14(15)17-13(11)8-5-9-16-12-6-3-2-4-7-12/h2-4,6-7,11,13,16H,5,8-10H2,1H3,(H2,15,17)/t11-,13+/m1/s1. The molecule has 0 amide bonds. The first-order valence-electron chi connectivity index (χ1n) is 6.37. The van der Waals surface area contributed by atoms with Crippen LogP contribution < -0.4 is 11.1 Å². The van der Waals surface area contributed by atoms with Crippen LogP contribution in [0.1, 0.15) is 26.2 Å². The van der Waals surface area contributed by atoms with E-state index in [1.54, 1.807) is 0 Å². The number of rotatable bonds is 5. The number of hydrogen-bond acceptors (Lipinski definition) is 3. The number of nitrogens with two attached hydrogens (primary N) is 1. The quantitative estimate of drug-likeness (QED) is 0.765. The van der Waals surface area contributed by atoms with Crippen LogP contribution in [0.3, 0.4) is 0 Å². The fourth-order valence-electron chi connectivity index (χ4n) is 2.31. The lowest BCUT2D eigenvalue weighted by molar-refractivity contribution is 0.468. The van der Waals surface area contributed by atoms with E-state index in [0.29, 0.717) is 12.0 Å². The van der Waals surface area contributed by atoms with Gasteiger partial charge in [-0.25, -0.2) is 0 Å². The highest BCUT2D eigenvalue weighted by molar-refractivity contribution is 5.82. The predicted octanol–water partition coefficient (Wildman–Crippen LogP) is 2.64. The molecule has 0 saturated carbocycles. The summed E-state index contributed by atoms with van der Waals surface area (Å²) >= 11 is 0. The van der Waals surface area contributed by atoms with Gasteiger partial charge in [-0.3, -0.25) is 4.99 Å². The van der Waals surface area contributed by atoms with Crippen molar-refractivity contribution in [2.24, 2.45) is 16.6 Å². The Kier molecular flexibility index (Phi) is 4.02. The fraction of sp³-hybridized carbons (Fsp3) is 0.500. The molecule has 0 saturated heterocycles. The van der Waals surface area contributed by atoms with E-state index in [-0.39, 0.29) is 0 Å². The number of hydrogen-bond donors (Lipinski definition) is 2. The average molecular weight is 231 g/mol. The highest BCUT2D eigenvalue weighted by Crippen LogP contribution is 2.22. The first kappa shape index (κ1) is 12.0. The van der Waals surface area contributed by atoms with Crippen molar-refractivity contribution in [3.8, 4) is 0 Å². The Morgan fingerprint density at radius 2 is 2.12 bits per heavy atom. The van der Waals surface area contributed by atoms with E-state index in [0.717, 1.165) is 31.6 Å². The summed E-state index contributed by atoms with van der Waals surface area (Å²) in [6.45, 7) is 3.24. The Hall–Kier alpha value is -1.51. The number of benzene rings is 1. The van der Waals surface area contributed by atoms with E-state index in [2.05, 4.69) is 29.4 Å². The zero-order chi connectivity index (χ0) is 12.1. The second kappa shape index (κ2) is 5.71. The minimum Gasteiger partial charge on any atom is -0.387 e. The molecule has 92 valence electrons.